The molecule has 5 rings (SSSR count). The average molecular weight is 407 g/mol. The molecule has 0 saturated carbocycles. The molecule has 1 aromatic heterocycles. The number of oxazole rings is 1. The number of anilines is 1. The highest BCUT2D eigenvalue weighted by Gasteiger charge is 2.30. The molecule has 1 saturated heterocycles. The average Bonchev–Trinajstić information content (AvgIpc) is 3.38. The summed E-state index contributed by atoms with van der Waals surface area (Å²) in [6.07, 6.45) is 1.86. The summed E-state index contributed by atoms with van der Waals surface area (Å²) in [7, 11) is -3.63. The summed E-state index contributed by atoms with van der Waals surface area (Å²) in [6, 6.07) is 21.1. The van der Waals surface area contributed by atoms with Crippen molar-refractivity contribution in [3.8, 4) is 0 Å². The van der Waals surface area contributed by atoms with Gasteiger partial charge in [-0.3, -0.25) is 0 Å². The second kappa shape index (κ2) is 7.17. The van der Waals surface area contributed by atoms with Gasteiger partial charge in [0, 0.05) is 24.5 Å². The van der Waals surface area contributed by atoms with E-state index in [2.05, 4.69) is 14.6 Å². The van der Waals surface area contributed by atoms with Crippen LogP contribution in [0.4, 0.5) is 6.01 Å². The largest absolute Gasteiger partial charge is 0.423 e. The maximum atomic E-state index is 13.0. The molecule has 3 aromatic carbocycles. The van der Waals surface area contributed by atoms with Crippen LogP contribution in [0.3, 0.4) is 0 Å². The van der Waals surface area contributed by atoms with Gasteiger partial charge in [0.15, 0.2) is 5.58 Å². The first-order valence-corrected chi connectivity index (χ1v) is 11.2. The van der Waals surface area contributed by atoms with Crippen LogP contribution in [0.2, 0.25) is 0 Å². The Kier molecular flexibility index (Phi) is 4.49. The highest BCUT2D eigenvalue weighted by Crippen LogP contribution is 2.28. The second-order valence-electron chi connectivity index (χ2n) is 7.28. The van der Waals surface area contributed by atoms with Gasteiger partial charge in [-0.25, -0.2) is 13.1 Å². The van der Waals surface area contributed by atoms with E-state index in [-0.39, 0.29) is 6.04 Å². The van der Waals surface area contributed by atoms with Crippen molar-refractivity contribution in [1.29, 1.82) is 0 Å². The summed E-state index contributed by atoms with van der Waals surface area (Å²) in [6.45, 7) is 1.11. The van der Waals surface area contributed by atoms with E-state index in [0.29, 0.717) is 17.5 Å². The first-order chi connectivity index (χ1) is 14.1. The van der Waals surface area contributed by atoms with Crippen molar-refractivity contribution >= 4 is 37.9 Å². The zero-order valence-electron chi connectivity index (χ0n) is 15.8. The summed E-state index contributed by atoms with van der Waals surface area (Å²) < 4.78 is 34.7. The molecule has 29 heavy (non-hydrogen) atoms. The Bertz CT molecular complexity index is 1240. The predicted octanol–water partition coefficient (Wildman–Crippen LogP) is 3.93. The molecule has 1 N–H and O–H groups in total. The minimum Gasteiger partial charge on any atom is -0.423 e. The molecule has 1 fully saturated rings. The van der Waals surface area contributed by atoms with Crippen molar-refractivity contribution < 1.29 is 12.8 Å². The van der Waals surface area contributed by atoms with Crippen molar-refractivity contribution in [1.82, 2.24) is 9.71 Å². The van der Waals surface area contributed by atoms with E-state index in [1.165, 1.54) is 0 Å². The lowest BCUT2D eigenvalue weighted by molar-refractivity contribution is 0.534. The molecular weight excluding hydrogens is 386 g/mol. The van der Waals surface area contributed by atoms with Gasteiger partial charge in [0.2, 0.25) is 10.0 Å². The zero-order valence-corrected chi connectivity index (χ0v) is 16.6. The zero-order chi connectivity index (χ0) is 19.8. The van der Waals surface area contributed by atoms with Crippen LogP contribution in [0.15, 0.2) is 76.0 Å². The van der Waals surface area contributed by atoms with Crippen LogP contribution < -0.4 is 9.62 Å². The smallest absolute Gasteiger partial charge is 0.298 e. The molecule has 0 radical (unpaired) electrons. The van der Waals surface area contributed by atoms with Crippen LogP contribution in [-0.2, 0) is 10.0 Å². The van der Waals surface area contributed by atoms with Gasteiger partial charge in [0.25, 0.3) is 6.01 Å². The molecule has 7 heteroatoms. The van der Waals surface area contributed by atoms with Crippen LogP contribution in [0.1, 0.15) is 12.8 Å². The van der Waals surface area contributed by atoms with Gasteiger partial charge in [-0.15, -0.1) is 0 Å². The van der Waals surface area contributed by atoms with Crippen LogP contribution in [0.25, 0.3) is 21.9 Å². The molecule has 1 aliphatic heterocycles. The molecule has 2 heterocycles. The third-order valence-electron chi connectivity index (χ3n) is 5.45. The number of hydrogen-bond donors (Lipinski definition) is 1. The van der Waals surface area contributed by atoms with Crippen molar-refractivity contribution in [2.75, 3.05) is 18.0 Å². The molecule has 0 bridgehead atoms. The third kappa shape index (κ3) is 3.36. The van der Waals surface area contributed by atoms with E-state index in [1.807, 2.05) is 54.6 Å². The van der Waals surface area contributed by atoms with Crippen LogP contribution >= 0.6 is 0 Å². The Morgan fingerprint density at radius 1 is 1.03 bits per heavy atom. The molecule has 4 aromatic rings. The van der Waals surface area contributed by atoms with E-state index < -0.39 is 10.0 Å². The monoisotopic (exact) mass is 407 g/mol. The molecule has 148 valence electrons. The van der Waals surface area contributed by atoms with E-state index in [9.17, 15) is 8.42 Å². The number of benzene rings is 3. The van der Waals surface area contributed by atoms with Gasteiger partial charge in [0.05, 0.1) is 4.90 Å². The summed E-state index contributed by atoms with van der Waals surface area (Å²) in [5.41, 5.74) is 1.55. The number of aromatic nitrogens is 1. The normalized spacial score (nSPS) is 17.4. The Balaban J connectivity index is 1.38. The Morgan fingerprint density at radius 3 is 2.72 bits per heavy atom. The Morgan fingerprint density at radius 2 is 1.83 bits per heavy atom. The molecule has 1 unspecified atom stereocenters. The minimum atomic E-state index is -3.63. The van der Waals surface area contributed by atoms with Crippen LogP contribution in [0, 0.1) is 0 Å². The van der Waals surface area contributed by atoms with Crippen molar-refractivity contribution in [3.05, 3.63) is 66.7 Å². The molecule has 6 nitrogen and oxygen atoms in total. The van der Waals surface area contributed by atoms with Crippen LogP contribution in [0.5, 0.6) is 0 Å². The highest BCUT2D eigenvalue weighted by atomic mass is 32.2. The van der Waals surface area contributed by atoms with Crippen LogP contribution in [-0.4, -0.2) is 32.5 Å². The number of nitrogens with zero attached hydrogens (tertiary/aromatic N) is 2. The predicted molar refractivity (Wildman–Crippen MR) is 114 cm³/mol. The number of nitrogens with one attached hydrogen (secondary N) is 1. The van der Waals surface area contributed by atoms with E-state index >= 15 is 0 Å². The van der Waals surface area contributed by atoms with E-state index in [0.717, 1.165) is 41.3 Å². The fraction of sp³-hybridized carbons (Fsp3) is 0.227. The first-order valence-electron chi connectivity index (χ1n) is 9.71. The van der Waals surface area contributed by atoms with Crippen molar-refractivity contribution in [2.24, 2.45) is 0 Å². The molecule has 1 atom stereocenters. The summed E-state index contributed by atoms with van der Waals surface area (Å²) in [5.74, 6) is 0. The van der Waals surface area contributed by atoms with Crippen molar-refractivity contribution in [3.63, 3.8) is 0 Å². The summed E-state index contributed by atoms with van der Waals surface area (Å²) in [4.78, 5) is 6.94. The van der Waals surface area contributed by atoms with Gasteiger partial charge in [0.1, 0.15) is 5.52 Å². The van der Waals surface area contributed by atoms with Gasteiger partial charge in [-0.2, -0.15) is 4.98 Å². The number of rotatable bonds is 5. The summed E-state index contributed by atoms with van der Waals surface area (Å²) >= 11 is 0. The lowest BCUT2D eigenvalue weighted by Gasteiger charge is -2.23. The summed E-state index contributed by atoms with van der Waals surface area (Å²) in [5, 5.41) is 1.63. The SMILES string of the molecule is O=S(=O)(NCC1CCCN1c1nc2ccccc2o1)c1cccc2ccccc12. The third-order valence-corrected chi connectivity index (χ3v) is 6.94. The van der Waals surface area contributed by atoms with Gasteiger partial charge >= 0.3 is 0 Å². The lowest BCUT2D eigenvalue weighted by Crippen LogP contribution is -2.40. The first kappa shape index (κ1) is 18.1. The second-order valence-corrected chi connectivity index (χ2v) is 9.02. The van der Waals surface area contributed by atoms with Crippen molar-refractivity contribution in [2.45, 2.75) is 23.8 Å². The number of para-hydroxylation sites is 2. The molecule has 1 aliphatic rings. The standard InChI is InChI=1S/C22H21N3O3S/c26-29(27,21-13-5-8-16-7-1-2-10-18(16)21)23-15-17-9-6-14-25(17)22-24-19-11-3-4-12-20(19)28-22/h1-5,7-8,10-13,17,23H,6,9,14-15H2. The molecule has 0 amide bonds. The maximum absolute atomic E-state index is 13.0. The molecular formula is C22H21N3O3S. The fourth-order valence-electron chi connectivity index (χ4n) is 4.00. The topological polar surface area (TPSA) is 75.4 Å². The number of sulfonamides is 1. The lowest BCUT2D eigenvalue weighted by atomic mass is 10.1. The molecule has 0 aliphatic carbocycles. The van der Waals surface area contributed by atoms with E-state index in [1.54, 1.807) is 12.1 Å². The van der Waals surface area contributed by atoms with E-state index in [4.69, 9.17) is 4.42 Å². The molecule has 0 spiro atoms. The van der Waals surface area contributed by atoms with Gasteiger partial charge in [-0.05, 0) is 36.4 Å². The fourth-order valence-corrected chi connectivity index (χ4v) is 5.30. The minimum absolute atomic E-state index is 0.00723. The Labute approximate surface area is 169 Å². The number of fused-ring (bicyclic) bond motifs is 2. The number of hydrogen-bond acceptors (Lipinski definition) is 5. The van der Waals surface area contributed by atoms with Gasteiger partial charge < -0.3 is 9.32 Å². The van der Waals surface area contributed by atoms with Gasteiger partial charge in [-0.1, -0.05) is 48.5 Å². The Hall–Kier alpha value is -2.90. The highest BCUT2D eigenvalue weighted by molar-refractivity contribution is 7.89. The maximum Gasteiger partial charge on any atom is 0.298 e. The quantitative estimate of drug-likeness (QED) is 0.543.